The Morgan fingerprint density at radius 3 is 2.95 bits per heavy atom. The molecule has 3 aromatic heterocycles. The van der Waals surface area contributed by atoms with Crippen LogP contribution in [0.25, 0.3) is 11.2 Å². The first-order valence-corrected chi connectivity index (χ1v) is 8.56. The van der Waals surface area contributed by atoms with E-state index in [0.717, 1.165) is 45.5 Å². The van der Waals surface area contributed by atoms with Gasteiger partial charge in [0.15, 0.2) is 10.4 Å². The zero-order valence-corrected chi connectivity index (χ0v) is 14.5. The van der Waals surface area contributed by atoms with E-state index >= 15 is 0 Å². The van der Waals surface area contributed by atoms with E-state index in [1.807, 2.05) is 11.7 Å². The number of fused-ring (bicyclic) bond motifs is 1. The second-order valence-corrected chi connectivity index (χ2v) is 6.97. The van der Waals surface area contributed by atoms with Gasteiger partial charge in [-0.05, 0) is 46.0 Å². The first-order chi connectivity index (χ1) is 9.61. The van der Waals surface area contributed by atoms with Crippen molar-refractivity contribution in [3.05, 3.63) is 31.3 Å². The smallest absolute Gasteiger partial charge is 0.179 e. The van der Waals surface area contributed by atoms with Gasteiger partial charge in [-0.25, -0.2) is 0 Å². The van der Waals surface area contributed by atoms with Gasteiger partial charge in [0.05, 0.1) is 12.2 Å². The number of nitrogens with zero attached hydrogens (tertiary/aromatic N) is 3. The van der Waals surface area contributed by atoms with Crippen molar-refractivity contribution in [2.75, 3.05) is 0 Å². The Kier molecular flexibility index (Phi) is 3.83. The highest BCUT2D eigenvalue weighted by atomic mass is 79.9. The first kappa shape index (κ1) is 14.0. The molecule has 3 rings (SSSR count). The van der Waals surface area contributed by atoms with E-state index in [-0.39, 0.29) is 0 Å². The van der Waals surface area contributed by atoms with Gasteiger partial charge in [0.2, 0.25) is 0 Å². The molecule has 0 bridgehead atoms. The van der Waals surface area contributed by atoms with Crippen LogP contribution in [0.5, 0.6) is 0 Å². The maximum Gasteiger partial charge on any atom is 0.179 e. The summed E-state index contributed by atoms with van der Waals surface area (Å²) in [6.07, 6.45) is 2.05. The van der Waals surface area contributed by atoms with Crippen LogP contribution in [-0.4, -0.2) is 19.3 Å². The molecule has 1 N–H and O–H groups in total. The van der Waals surface area contributed by atoms with E-state index in [1.54, 1.807) is 11.3 Å². The SMILES string of the molecule is CCCc1nn(C)c2c1[nH]c(=S)n2Cc1sccc1Br. The Hall–Kier alpha value is -0.920. The number of halogens is 1. The van der Waals surface area contributed by atoms with Crippen molar-refractivity contribution >= 4 is 50.6 Å². The highest BCUT2D eigenvalue weighted by Crippen LogP contribution is 2.26. The number of hydrogen-bond donors (Lipinski definition) is 1. The van der Waals surface area contributed by atoms with Crippen LogP contribution in [0.2, 0.25) is 0 Å². The van der Waals surface area contributed by atoms with Gasteiger partial charge in [0, 0.05) is 16.4 Å². The van der Waals surface area contributed by atoms with Gasteiger partial charge in [-0.3, -0.25) is 9.25 Å². The summed E-state index contributed by atoms with van der Waals surface area (Å²) in [6, 6.07) is 2.07. The molecule has 0 aliphatic rings. The summed E-state index contributed by atoms with van der Waals surface area (Å²) in [5.74, 6) is 0. The molecule has 3 aromatic rings. The molecular formula is C13H15BrN4S2. The molecule has 0 radical (unpaired) electrons. The summed E-state index contributed by atoms with van der Waals surface area (Å²) in [5, 5.41) is 6.68. The lowest BCUT2D eigenvalue weighted by atomic mass is 10.2. The van der Waals surface area contributed by atoms with E-state index < -0.39 is 0 Å². The van der Waals surface area contributed by atoms with Crippen molar-refractivity contribution in [1.29, 1.82) is 0 Å². The van der Waals surface area contributed by atoms with Crippen LogP contribution in [-0.2, 0) is 20.0 Å². The quantitative estimate of drug-likeness (QED) is 0.696. The highest BCUT2D eigenvalue weighted by Gasteiger charge is 2.15. The molecule has 0 amide bonds. The second-order valence-electron chi connectivity index (χ2n) is 4.73. The number of thiophene rings is 1. The molecule has 0 aromatic carbocycles. The van der Waals surface area contributed by atoms with E-state index in [4.69, 9.17) is 12.2 Å². The summed E-state index contributed by atoms with van der Waals surface area (Å²) in [6.45, 7) is 2.93. The third-order valence-electron chi connectivity index (χ3n) is 3.30. The molecule has 4 nitrogen and oxygen atoms in total. The van der Waals surface area contributed by atoms with Crippen molar-refractivity contribution in [1.82, 2.24) is 19.3 Å². The Labute approximate surface area is 134 Å². The highest BCUT2D eigenvalue weighted by molar-refractivity contribution is 9.10. The van der Waals surface area contributed by atoms with E-state index in [0.29, 0.717) is 0 Å². The molecule has 20 heavy (non-hydrogen) atoms. The number of aryl methyl sites for hydroxylation is 2. The zero-order valence-electron chi connectivity index (χ0n) is 11.3. The maximum absolute atomic E-state index is 5.48. The van der Waals surface area contributed by atoms with Crippen molar-refractivity contribution in [2.24, 2.45) is 7.05 Å². The van der Waals surface area contributed by atoms with Crippen molar-refractivity contribution in [3.8, 4) is 0 Å². The third kappa shape index (κ3) is 2.27. The van der Waals surface area contributed by atoms with Crippen molar-refractivity contribution in [3.63, 3.8) is 0 Å². The van der Waals surface area contributed by atoms with Gasteiger partial charge in [-0.15, -0.1) is 11.3 Å². The van der Waals surface area contributed by atoms with Gasteiger partial charge in [-0.2, -0.15) is 5.10 Å². The maximum atomic E-state index is 5.48. The average molecular weight is 371 g/mol. The Morgan fingerprint density at radius 1 is 1.50 bits per heavy atom. The van der Waals surface area contributed by atoms with Crippen LogP contribution in [0, 0.1) is 4.77 Å². The fourth-order valence-corrected chi connectivity index (χ4v) is 4.14. The molecule has 0 saturated carbocycles. The van der Waals surface area contributed by atoms with Gasteiger partial charge < -0.3 is 4.98 Å². The van der Waals surface area contributed by atoms with Gasteiger partial charge >= 0.3 is 0 Å². The molecule has 0 aliphatic carbocycles. The molecule has 0 unspecified atom stereocenters. The molecule has 7 heteroatoms. The van der Waals surface area contributed by atoms with Gasteiger partial charge in [0.1, 0.15) is 5.52 Å². The van der Waals surface area contributed by atoms with Crippen LogP contribution < -0.4 is 0 Å². The minimum absolute atomic E-state index is 0.755. The molecule has 0 aliphatic heterocycles. The third-order valence-corrected chi connectivity index (χ3v) is 5.54. The number of imidazole rings is 1. The summed E-state index contributed by atoms with van der Waals surface area (Å²) in [4.78, 5) is 4.58. The van der Waals surface area contributed by atoms with Gasteiger partial charge in [0.25, 0.3) is 0 Å². The van der Waals surface area contributed by atoms with E-state index in [2.05, 4.69) is 48.9 Å². The van der Waals surface area contributed by atoms with Crippen molar-refractivity contribution in [2.45, 2.75) is 26.3 Å². The molecule has 0 spiro atoms. The van der Waals surface area contributed by atoms with E-state index in [1.165, 1.54) is 4.88 Å². The standard InChI is InChI=1S/C13H15BrN4S2/c1-3-4-9-11-12(17(2)16-9)18(13(19)15-11)7-10-8(14)5-6-20-10/h5-6H,3-4,7H2,1-2H3,(H,15,19). The molecule has 0 fully saturated rings. The number of rotatable bonds is 4. The Balaban J connectivity index is 2.13. The molecule has 0 saturated heterocycles. The number of aromatic nitrogens is 4. The number of H-pyrrole nitrogens is 1. The largest absolute Gasteiger partial charge is 0.328 e. The average Bonchev–Trinajstić information content (AvgIpc) is 3.02. The van der Waals surface area contributed by atoms with Gasteiger partial charge in [-0.1, -0.05) is 13.3 Å². The number of aromatic amines is 1. The van der Waals surface area contributed by atoms with Crippen LogP contribution in [0.4, 0.5) is 0 Å². The van der Waals surface area contributed by atoms with Crippen LogP contribution in [0.3, 0.4) is 0 Å². The molecule has 3 heterocycles. The minimum Gasteiger partial charge on any atom is -0.328 e. The fourth-order valence-electron chi connectivity index (χ4n) is 2.42. The predicted octanol–water partition coefficient (Wildman–Crippen LogP) is 4.26. The Morgan fingerprint density at radius 2 is 2.30 bits per heavy atom. The topological polar surface area (TPSA) is 38.5 Å². The van der Waals surface area contributed by atoms with Crippen LogP contribution >= 0.6 is 39.5 Å². The monoisotopic (exact) mass is 370 g/mol. The van der Waals surface area contributed by atoms with Crippen LogP contribution in [0.15, 0.2) is 15.9 Å². The zero-order chi connectivity index (χ0) is 14.3. The Bertz CT molecular complexity index is 808. The lowest BCUT2D eigenvalue weighted by Crippen LogP contribution is -2.03. The first-order valence-electron chi connectivity index (χ1n) is 6.48. The van der Waals surface area contributed by atoms with E-state index in [9.17, 15) is 0 Å². The van der Waals surface area contributed by atoms with Crippen molar-refractivity contribution < 1.29 is 0 Å². The minimum atomic E-state index is 0.755. The summed E-state index contributed by atoms with van der Waals surface area (Å²) in [5.41, 5.74) is 3.24. The number of hydrogen-bond acceptors (Lipinski definition) is 3. The normalized spacial score (nSPS) is 11.6. The second kappa shape index (κ2) is 5.46. The summed E-state index contributed by atoms with van der Waals surface area (Å²) < 4.78 is 5.93. The molecule has 106 valence electrons. The summed E-state index contributed by atoms with van der Waals surface area (Å²) >= 11 is 10.8. The van der Waals surface area contributed by atoms with Crippen LogP contribution in [0.1, 0.15) is 23.9 Å². The molecular weight excluding hydrogens is 356 g/mol. The number of nitrogens with one attached hydrogen (secondary N) is 1. The predicted molar refractivity (Wildman–Crippen MR) is 89.0 cm³/mol. The lowest BCUT2D eigenvalue weighted by molar-refractivity contribution is 0.705. The summed E-state index contributed by atoms with van der Waals surface area (Å²) in [7, 11) is 1.98. The lowest BCUT2D eigenvalue weighted by Gasteiger charge is -2.03. The molecule has 0 atom stereocenters. The fraction of sp³-hybridized carbons (Fsp3) is 0.385.